The van der Waals surface area contributed by atoms with E-state index in [1.54, 1.807) is 0 Å². The van der Waals surface area contributed by atoms with E-state index in [0.29, 0.717) is 0 Å². The van der Waals surface area contributed by atoms with Gasteiger partial charge in [-0.25, -0.2) is 22.3 Å². The largest absolute Gasteiger partial charge is 0.242 e. The van der Waals surface area contributed by atoms with Crippen molar-refractivity contribution >= 4 is 10.0 Å². The molecule has 0 aliphatic heterocycles. The van der Waals surface area contributed by atoms with Gasteiger partial charge in [-0.3, -0.25) is 0 Å². The summed E-state index contributed by atoms with van der Waals surface area (Å²) in [4.78, 5) is -0.751. The molecular formula is C9H11F2NO2S. The summed E-state index contributed by atoms with van der Waals surface area (Å²) in [6.45, 7) is 1.53. The van der Waals surface area contributed by atoms with Crippen LogP contribution in [0.25, 0.3) is 0 Å². The highest BCUT2D eigenvalue weighted by Gasteiger charge is 2.23. The first-order chi connectivity index (χ1) is 6.88. The Kier molecular flexibility index (Phi) is 3.41. The molecule has 1 atom stereocenters. The molecule has 6 heteroatoms. The summed E-state index contributed by atoms with van der Waals surface area (Å²) in [5.74, 6) is -1.02. The van der Waals surface area contributed by atoms with Crippen LogP contribution >= 0.6 is 0 Å². The van der Waals surface area contributed by atoms with E-state index in [1.807, 2.05) is 0 Å². The second-order valence-electron chi connectivity index (χ2n) is 3.08. The molecule has 1 unspecified atom stereocenters. The maximum absolute atomic E-state index is 13.3. The first-order valence-corrected chi connectivity index (χ1v) is 5.87. The second-order valence-corrected chi connectivity index (χ2v) is 4.58. The van der Waals surface area contributed by atoms with Crippen LogP contribution in [0.2, 0.25) is 0 Å². The van der Waals surface area contributed by atoms with E-state index in [1.165, 1.54) is 19.1 Å². The summed E-state index contributed by atoms with van der Waals surface area (Å²) in [7, 11) is -4.23. The molecule has 0 radical (unpaired) electrons. The minimum absolute atomic E-state index is 0.0615. The van der Waals surface area contributed by atoms with Gasteiger partial charge in [0.25, 0.3) is 0 Å². The van der Waals surface area contributed by atoms with Crippen molar-refractivity contribution < 1.29 is 17.2 Å². The van der Waals surface area contributed by atoms with Crippen LogP contribution in [0.1, 0.15) is 25.1 Å². The van der Waals surface area contributed by atoms with Crippen LogP contribution in [-0.4, -0.2) is 8.42 Å². The molecule has 15 heavy (non-hydrogen) atoms. The van der Waals surface area contributed by atoms with E-state index in [4.69, 9.17) is 5.14 Å². The van der Waals surface area contributed by atoms with Crippen molar-refractivity contribution in [1.29, 1.82) is 0 Å². The fourth-order valence-corrected chi connectivity index (χ4v) is 2.16. The molecule has 1 aromatic carbocycles. The van der Waals surface area contributed by atoms with Crippen molar-refractivity contribution in [3.63, 3.8) is 0 Å². The third kappa shape index (κ3) is 2.51. The number of primary sulfonamides is 1. The van der Waals surface area contributed by atoms with Gasteiger partial charge in [-0.05, 0) is 12.5 Å². The van der Waals surface area contributed by atoms with Gasteiger partial charge in [0.2, 0.25) is 10.0 Å². The van der Waals surface area contributed by atoms with Gasteiger partial charge in [0, 0.05) is 5.56 Å². The number of alkyl halides is 1. The third-order valence-corrected chi connectivity index (χ3v) is 2.98. The standard InChI is InChI=1S/C9H11F2NO2S/c1-2-7(10)6-4-3-5-8(11)9(6)15(12,13)14/h3-5,7H,2H2,1H3,(H2,12,13,14). The van der Waals surface area contributed by atoms with Crippen molar-refractivity contribution in [1.82, 2.24) is 0 Å². The first kappa shape index (κ1) is 12.1. The molecule has 0 saturated heterocycles. The van der Waals surface area contributed by atoms with Crippen LogP contribution in [0.4, 0.5) is 8.78 Å². The topological polar surface area (TPSA) is 60.2 Å². The first-order valence-electron chi connectivity index (χ1n) is 4.33. The van der Waals surface area contributed by atoms with Crippen molar-refractivity contribution in [3.8, 4) is 0 Å². The van der Waals surface area contributed by atoms with E-state index >= 15 is 0 Å². The zero-order valence-electron chi connectivity index (χ0n) is 8.07. The van der Waals surface area contributed by atoms with Crippen LogP contribution in [0, 0.1) is 5.82 Å². The lowest BCUT2D eigenvalue weighted by Gasteiger charge is -2.11. The number of hydrogen-bond donors (Lipinski definition) is 1. The Labute approximate surface area is 87.0 Å². The highest BCUT2D eigenvalue weighted by molar-refractivity contribution is 7.89. The normalized spacial score (nSPS) is 13.9. The predicted octanol–water partition coefficient (Wildman–Crippen LogP) is 1.89. The van der Waals surface area contributed by atoms with Crippen LogP contribution in [0.5, 0.6) is 0 Å². The average Bonchev–Trinajstić information content (AvgIpc) is 2.14. The molecule has 0 spiro atoms. The number of hydrogen-bond acceptors (Lipinski definition) is 2. The molecule has 84 valence electrons. The summed E-state index contributed by atoms with van der Waals surface area (Å²) in [5, 5.41) is 4.82. The minimum atomic E-state index is -4.23. The minimum Gasteiger partial charge on any atom is -0.242 e. The molecule has 0 heterocycles. The quantitative estimate of drug-likeness (QED) is 0.869. The lowest BCUT2D eigenvalue weighted by molar-refractivity contribution is 0.326. The lowest BCUT2D eigenvalue weighted by Crippen LogP contribution is -2.17. The van der Waals surface area contributed by atoms with E-state index < -0.39 is 26.9 Å². The Bertz CT molecular complexity index is 459. The predicted molar refractivity (Wildman–Crippen MR) is 51.9 cm³/mol. The van der Waals surface area contributed by atoms with Crippen LogP contribution in [-0.2, 0) is 10.0 Å². The zero-order valence-corrected chi connectivity index (χ0v) is 8.89. The van der Waals surface area contributed by atoms with Gasteiger partial charge in [0.1, 0.15) is 16.9 Å². The van der Waals surface area contributed by atoms with Crippen molar-refractivity contribution in [2.45, 2.75) is 24.4 Å². The Morgan fingerprint density at radius 2 is 2.07 bits per heavy atom. The smallest absolute Gasteiger partial charge is 0.241 e. The number of benzene rings is 1. The molecule has 1 aromatic rings. The maximum Gasteiger partial charge on any atom is 0.241 e. The third-order valence-electron chi connectivity index (χ3n) is 1.98. The van der Waals surface area contributed by atoms with Gasteiger partial charge in [-0.2, -0.15) is 0 Å². The van der Waals surface area contributed by atoms with Crippen LogP contribution < -0.4 is 5.14 Å². The van der Waals surface area contributed by atoms with Crippen LogP contribution in [0.3, 0.4) is 0 Å². The Morgan fingerprint density at radius 1 is 1.47 bits per heavy atom. The highest BCUT2D eigenvalue weighted by Crippen LogP contribution is 2.28. The molecule has 2 N–H and O–H groups in total. The van der Waals surface area contributed by atoms with Gasteiger partial charge >= 0.3 is 0 Å². The highest BCUT2D eigenvalue weighted by atomic mass is 32.2. The summed E-state index contributed by atoms with van der Waals surface area (Å²) < 4.78 is 48.7. The van der Waals surface area contributed by atoms with Crippen molar-refractivity contribution in [2.24, 2.45) is 5.14 Å². The van der Waals surface area contributed by atoms with Gasteiger partial charge in [0.15, 0.2) is 0 Å². The SMILES string of the molecule is CCC(F)c1cccc(F)c1S(N)(=O)=O. The van der Waals surface area contributed by atoms with E-state index in [-0.39, 0.29) is 12.0 Å². The second kappa shape index (κ2) is 4.24. The number of halogens is 2. The van der Waals surface area contributed by atoms with Gasteiger partial charge < -0.3 is 0 Å². The maximum atomic E-state index is 13.3. The molecular weight excluding hydrogens is 224 g/mol. The van der Waals surface area contributed by atoms with E-state index in [0.717, 1.165) is 6.07 Å². The summed E-state index contributed by atoms with van der Waals surface area (Å²) >= 11 is 0. The van der Waals surface area contributed by atoms with Crippen LogP contribution in [0.15, 0.2) is 23.1 Å². The lowest BCUT2D eigenvalue weighted by atomic mass is 10.1. The molecule has 0 fully saturated rings. The summed E-state index contributed by atoms with van der Waals surface area (Å²) in [5.41, 5.74) is -0.222. The fraction of sp³-hybridized carbons (Fsp3) is 0.333. The molecule has 1 rings (SSSR count). The summed E-state index contributed by atoms with van der Waals surface area (Å²) in [6, 6.07) is 3.41. The molecule has 0 aromatic heterocycles. The molecule has 0 aliphatic carbocycles. The zero-order chi connectivity index (χ0) is 11.6. The summed E-state index contributed by atoms with van der Waals surface area (Å²) in [6.07, 6.45) is -1.47. The number of nitrogens with two attached hydrogens (primary N) is 1. The number of sulfonamides is 1. The monoisotopic (exact) mass is 235 g/mol. The Hall–Kier alpha value is -1.01. The molecule has 0 saturated carbocycles. The van der Waals surface area contributed by atoms with Gasteiger partial charge in [-0.15, -0.1) is 0 Å². The molecule has 0 bridgehead atoms. The average molecular weight is 235 g/mol. The molecule has 0 aliphatic rings. The molecule has 3 nitrogen and oxygen atoms in total. The van der Waals surface area contributed by atoms with Crippen molar-refractivity contribution in [3.05, 3.63) is 29.6 Å². The van der Waals surface area contributed by atoms with Gasteiger partial charge in [0.05, 0.1) is 0 Å². The van der Waals surface area contributed by atoms with E-state index in [2.05, 4.69) is 0 Å². The van der Waals surface area contributed by atoms with E-state index in [9.17, 15) is 17.2 Å². The Balaban J connectivity index is 3.47. The number of rotatable bonds is 3. The Morgan fingerprint density at radius 3 is 2.53 bits per heavy atom. The fourth-order valence-electron chi connectivity index (χ4n) is 1.29. The molecule has 0 amide bonds. The van der Waals surface area contributed by atoms with Crippen molar-refractivity contribution in [2.75, 3.05) is 0 Å². The van der Waals surface area contributed by atoms with Gasteiger partial charge in [-0.1, -0.05) is 19.1 Å².